The molecule has 0 bridgehead atoms. The van der Waals surface area contributed by atoms with Crippen LogP contribution < -0.4 is 0 Å². The fourth-order valence-corrected chi connectivity index (χ4v) is 5.71. The molecule has 6 heteroatoms. The van der Waals surface area contributed by atoms with Crippen molar-refractivity contribution in [1.82, 2.24) is 25.3 Å². The molecular weight excluding hydrogens is 362 g/mol. The average Bonchev–Trinajstić information content (AvgIpc) is 3.42. The first-order chi connectivity index (χ1) is 14.3. The second-order valence-corrected chi connectivity index (χ2v) is 8.22. The number of fused-ring (bicyclic) bond motifs is 4. The molecule has 6 rings (SSSR count). The zero-order chi connectivity index (χ0) is 19.4. The van der Waals surface area contributed by atoms with Gasteiger partial charge in [-0.05, 0) is 30.7 Å². The summed E-state index contributed by atoms with van der Waals surface area (Å²) in [6.07, 6.45) is 10.1. The van der Waals surface area contributed by atoms with E-state index in [-0.39, 0.29) is 11.3 Å². The van der Waals surface area contributed by atoms with Crippen LogP contribution in [0, 0.1) is 5.92 Å². The molecule has 2 aliphatic carbocycles. The lowest BCUT2D eigenvalue weighted by Gasteiger charge is -2.48. The van der Waals surface area contributed by atoms with E-state index in [4.69, 9.17) is 9.62 Å². The second kappa shape index (κ2) is 6.11. The Morgan fingerprint density at radius 1 is 1.10 bits per heavy atom. The lowest BCUT2D eigenvalue weighted by molar-refractivity contribution is 0.190. The third-order valence-electron chi connectivity index (χ3n) is 6.93. The average molecular weight is 383 g/mol. The zero-order valence-electron chi connectivity index (χ0n) is 16.2. The molecule has 4 aromatic rings. The van der Waals surface area contributed by atoms with Gasteiger partial charge in [0.1, 0.15) is 12.1 Å². The van der Waals surface area contributed by atoms with Crippen LogP contribution in [0.5, 0.6) is 0 Å². The van der Waals surface area contributed by atoms with Gasteiger partial charge in [0.15, 0.2) is 0 Å². The topological polar surface area (TPSA) is 80.5 Å². The Morgan fingerprint density at radius 2 is 1.93 bits per heavy atom. The van der Waals surface area contributed by atoms with Crippen molar-refractivity contribution in [2.24, 2.45) is 5.92 Å². The molecule has 0 aliphatic heterocycles. The lowest BCUT2D eigenvalue weighted by Crippen LogP contribution is -2.47. The summed E-state index contributed by atoms with van der Waals surface area (Å²) in [5.74, 6) is 1.73. The van der Waals surface area contributed by atoms with Crippen LogP contribution in [-0.4, -0.2) is 25.3 Å². The Bertz CT molecular complexity index is 1170. The maximum absolute atomic E-state index is 5.67. The van der Waals surface area contributed by atoms with E-state index in [1.165, 1.54) is 16.7 Å². The summed E-state index contributed by atoms with van der Waals surface area (Å²) in [6.45, 7) is 2.27. The van der Waals surface area contributed by atoms with Crippen LogP contribution in [0.3, 0.4) is 0 Å². The fourth-order valence-electron chi connectivity index (χ4n) is 5.71. The van der Waals surface area contributed by atoms with E-state index in [0.717, 1.165) is 42.0 Å². The van der Waals surface area contributed by atoms with Crippen LogP contribution in [-0.2, 0) is 18.3 Å². The van der Waals surface area contributed by atoms with Gasteiger partial charge in [0.25, 0.3) is 0 Å². The number of nitrogens with one attached hydrogen (secondary N) is 1. The van der Waals surface area contributed by atoms with E-state index in [2.05, 4.69) is 57.5 Å². The summed E-state index contributed by atoms with van der Waals surface area (Å²) in [5.41, 5.74) is 6.77. The van der Waals surface area contributed by atoms with Gasteiger partial charge in [0.05, 0.1) is 17.6 Å². The van der Waals surface area contributed by atoms with Crippen molar-refractivity contribution in [3.05, 3.63) is 83.4 Å². The predicted molar refractivity (Wildman–Crippen MR) is 107 cm³/mol. The van der Waals surface area contributed by atoms with Crippen LogP contribution >= 0.6 is 0 Å². The maximum Gasteiger partial charge on any atom is 0.143 e. The molecule has 0 fully saturated rings. The molecule has 1 N–H and O–H groups in total. The molecule has 29 heavy (non-hydrogen) atoms. The van der Waals surface area contributed by atoms with Crippen molar-refractivity contribution in [3.63, 3.8) is 0 Å². The van der Waals surface area contributed by atoms with Gasteiger partial charge in [-0.15, -0.1) is 0 Å². The molecule has 0 unspecified atom stereocenters. The summed E-state index contributed by atoms with van der Waals surface area (Å²) in [7, 11) is 0. The Kier molecular flexibility index (Phi) is 3.51. The summed E-state index contributed by atoms with van der Waals surface area (Å²) < 4.78 is 5.67. The van der Waals surface area contributed by atoms with Gasteiger partial charge < -0.3 is 4.52 Å². The number of aromatic amines is 1. The van der Waals surface area contributed by atoms with Gasteiger partial charge >= 0.3 is 0 Å². The van der Waals surface area contributed by atoms with Crippen molar-refractivity contribution in [1.29, 1.82) is 0 Å². The molecule has 0 radical (unpaired) electrons. The number of nitrogens with zero attached hydrogens (tertiary/aromatic N) is 4. The van der Waals surface area contributed by atoms with Gasteiger partial charge in [-0.25, -0.2) is 9.97 Å². The summed E-state index contributed by atoms with van der Waals surface area (Å²) in [5, 5.41) is 12.4. The number of H-pyrrole nitrogens is 1. The van der Waals surface area contributed by atoms with Gasteiger partial charge in [-0.1, -0.05) is 42.4 Å². The molecule has 0 amide bonds. The molecule has 6 nitrogen and oxygen atoms in total. The number of rotatable bonds is 2. The second-order valence-electron chi connectivity index (χ2n) is 8.22. The smallest absolute Gasteiger partial charge is 0.143 e. The number of hydrogen-bond acceptors (Lipinski definition) is 5. The molecule has 0 saturated heterocycles. The highest BCUT2D eigenvalue weighted by Gasteiger charge is 2.54. The SMILES string of the molecule is C[C@@H]1c2oncc2C[C@]2(c3ccccc3)c3n[nH]c(-c4cncnc4)c3CC[C@@H]12. The zero-order valence-corrected chi connectivity index (χ0v) is 16.2. The van der Waals surface area contributed by atoms with Gasteiger partial charge in [-0.2, -0.15) is 5.10 Å². The van der Waals surface area contributed by atoms with Crippen molar-refractivity contribution in [3.8, 4) is 11.3 Å². The highest BCUT2D eigenvalue weighted by atomic mass is 16.5. The van der Waals surface area contributed by atoms with E-state index in [1.54, 1.807) is 6.33 Å². The molecule has 0 spiro atoms. The Morgan fingerprint density at radius 3 is 2.76 bits per heavy atom. The van der Waals surface area contributed by atoms with E-state index in [0.29, 0.717) is 5.92 Å². The summed E-state index contributed by atoms with van der Waals surface area (Å²) in [6, 6.07) is 10.8. The van der Waals surface area contributed by atoms with Crippen molar-refractivity contribution in [2.75, 3.05) is 0 Å². The van der Waals surface area contributed by atoms with Gasteiger partial charge in [0, 0.05) is 40.4 Å². The number of hydrogen-bond donors (Lipinski definition) is 1. The molecule has 0 saturated carbocycles. The van der Waals surface area contributed by atoms with Gasteiger partial charge in [-0.3, -0.25) is 5.10 Å². The Labute approximate surface area is 168 Å². The first kappa shape index (κ1) is 16.7. The quantitative estimate of drug-likeness (QED) is 0.564. The van der Waals surface area contributed by atoms with E-state index in [9.17, 15) is 0 Å². The lowest BCUT2D eigenvalue weighted by atomic mass is 9.53. The summed E-state index contributed by atoms with van der Waals surface area (Å²) in [4.78, 5) is 8.40. The first-order valence-corrected chi connectivity index (χ1v) is 10.1. The normalized spacial score (nSPS) is 25.1. The molecule has 2 aliphatic rings. The van der Waals surface area contributed by atoms with Crippen molar-refractivity contribution < 1.29 is 4.52 Å². The minimum Gasteiger partial charge on any atom is -0.361 e. The molecule has 144 valence electrons. The minimum absolute atomic E-state index is 0.197. The highest BCUT2D eigenvalue weighted by molar-refractivity contribution is 5.65. The predicted octanol–water partition coefficient (Wildman–Crippen LogP) is 4.06. The molecule has 3 heterocycles. The number of aromatic nitrogens is 5. The highest BCUT2D eigenvalue weighted by Crippen LogP contribution is 2.57. The first-order valence-electron chi connectivity index (χ1n) is 10.1. The van der Waals surface area contributed by atoms with Crippen molar-refractivity contribution >= 4 is 0 Å². The number of benzene rings is 1. The Hall–Kier alpha value is -3.28. The third-order valence-corrected chi connectivity index (χ3v) is 6.93. The molecule has 3 aromatic heterocycles. The van der Waals surface area contributed by atoms with Crippen LogP contribution in [0.4, 0.5) is 0 Å². The van der Waals surface area contributed by atoms with Crippen LogP contribution in [0.2, 0.25) is 0 Å². The van der Waals surface area contributed by atoms with Gasteiger partial charge in [0.2, 0.25) is 0 Å². The monoisotopic (exact) mass is 383 g/mol. The fraction of sp³-hybridized carbons (Fsp3) is 0.304. The largest absolute Gasteiger partial charge is 0.361 e. The standard InChI is InChI=1S/C23H21N5O/c1-14-19-8-7-18-20(16-10-24-13-25-11-16)27-28-22(18)23(19,17-5-3-2-4-6-17)9-15-12-26-29-21(14)15/h2-6,10-14,19H,7-9H2,1H3,(H,27,28)/t14-,19-,23+/m0/s1. The van der Waals surface area contributed by atoms with Crippen LogP contribution in [0.1, 0.15) is 47.4 Å². The van der Waals surface area contributed by atoms with E-state index in [1.807, 2.05) is 18.6 Å². The minimum atomic E-state index is -0.197. The van der Waals surface area contributed by atoms with E-state index < -0.39 is 0 Å². The van der Waals surface area contributed by atoms with E-state index >= 15 is 0 Å². The molecule has 3 atom stereocenters. The summed E-state index contributed by atoms with van der Waals surface area (Å²) >= 11 is 0. The third kappa shape index (κ3) is 2.23. The van der Waals surface area contributed by atoms with Crippen molar-refractivity contribution in [2.45, 2.75) is 37.5 Å². The van der Waals surface area contributed by atoms with Crippen LogP contribution in [0.15, 0.2) is 59.8 Å². The molecular formula is C23H21N5O. The van der Waals surface area contributed by atoms with Crippen LogP contribution in [0.25, 0.3) is 11.3 Å². The molecule has 1 aromatic carbocycles. The maximum atomic E-state index is 5.67. The Balaban J connectivity index is 1.61.